The number of aromatic nitrogens is 2. The summed E-state index contributed by atoms with van der Waals surface area (Å²) in [5.74, 6) is 0. The fourth-order valence-corrected chi connectivity index (χ4v) is 11.6. The SMILES string of the molecule is Cc1cc(C)c(B2c3ccc4c5c(ccc4c3-c3cccc4c6ccccc6n2c34)B(c2c(C)cc(C)cc2C)n2c3ccccc3c3cccc-5c32)c(C)c1. The van der Waals surface area contributed by atoms with Crippen LogP contribution in [0, 0.1) is 41.5 Å². The van der Waals surface area contributed by atoms with Crippen molar-refractivity contribution in [1.82, 2.24) is 8.96 Å². The van der Waals surface area contributed by atoms with Gasteiger partial charge in [0.25, 0.3) is 0 Å². The zero-order valence-corrected chi connectivity index (χ0v) is 32.8. The Morgan fingerprint density at radius 3 is 1.14 bits per heavy atom. The molecule has 0 atom stereocenters. The van der Waals surface area contributed by atoms with Crippen LogP contribution in [0.5, 0.6) is 0 Å². The first kappa shape index (κ1) is 32.0. The molecule has 264 valence electrons. The van der Waals surface area contributed by atoms with Gasteiger partial charge in [0.05, 0.1) is 0 Å². The highest BCUT2D eigenvalue weighted by molar-refractivity contribution is 6.89. The van der Waals surface area contributed by atoms with E-state index in [-0.39, 0.29) is 13.7 Å². The molecule has 0 aliphatic carbocycles. The molecule has 0 spiro atoms. The lowest BCUT2D eigenvalue weighted by Crippen LogP contribution is -2.54. The fraction of sp³-hybridized carbons (Fsp3) is 0.115. The fourth-order valence-electron chi connectivity index (χ4n) is 11.6. The van der Waals surface area contributed by atoms with E-state index < -0.39 is 0 Å². The first-order valence-electron chi connectivity index (χ1n) is 20.1. The zero-order chi connectivity index (χ0) is 37.7. The lowest BCUT2D eigenvalue weighted by Gasteiger charge is -2.33. The van der Waals surface area contributed by atoms with Crippen molar-refractivity contribution in [3.63, 3.8) is 0 Å². The van der Waals surface area contributed by atoms with Crippen LogP contribution in [0.25, 0.3) is 76.6 Å². The molecule has 0 bridgehead atoms. The maximum Gasteiger partial charge on any atom is 0.329 e. The van der Waals surface area contributed by atoms with Crippen molar-refractivity contribution in [2.75, 3.05) is 0 Å². The molecular weight excluding hydrogens is 674 g/mol. The van der Waals surface area contributed by atoms with E-state index in [4.69, 9.17) is 0 Å². The second kappa shape index (κ2) is 11.2. The summed E-state index contributed by atoms with van der Waals surface area (Å²) >= 11 is 0. The number of hydrogen-bond donors (Lipinski definition) is 0. The largest absolute Gasteiger partial charge is 0.375 e. The molecule has 0 N–H and O–H groups in total. The normalized spacial score (nSPS) is 13.1. The Morgan fingerprint density at radius 1 is 0.357 bits per heavy atom. The first-order chi connectivity index (χ1) is 27.3. The maximum absolute atomic E-state index is 2.66. The third kappa shape index (κ3) is 3.99. The monoisotopic (exact) mass is 714 g/mol. The van der Waals surface area contributed by atoms with Crippen molar-refractivity contribution in [2.24, 2.45) is 0 Å². The molecule has 12 rings (SSSR count). The van der Waals surface area contributed by atoms with Gasteiger partial charge in [0.15, 0.2) is 0 Å². The van der Waals surface area contributed by atoms with E-state index in [0.29, 0.717) is 0 Å². The molecule has 0 unspecified atom stereocenters. The van der Waals surface area contributed by atoms with Gasteiger partial charge in [-0.3, -0.25) is 0 Å². The van der Waals surface area contributed by atoms with E-state index in [1.54, 1.807) is 0 Å². The molecule has 2 nitrogen and oxygen atoms in total. The minimum atomic E-state index is 0.0416. The van der Waals surface area contributed by atoms with Crippen LogP contribution in [-0.4, -0.2) is 22.7 Å². The Kier molecular flexibility index (Phi) is 6.39. The number of fused-ring (bicyclic) bond motifs is 13. The Hall–Kier alpha value is -6.25. The van der Waals surface area contributed by atoms with E-state index in [2.05, 4.69) is 184 Å². The van der Waals surface area contributed by atoms with Crippen LogP contribution in [0.3, 0.4) is 0 Å². The smallest absolute Gasteiger partial charge is 0.329 e. The van der Waals surface area contributed by atoms with Gasteiger partial charge in [0.2, 0.25) is 0 Å². The summed E-state index contributed by atoms with van der Waals surface area (Å²) in [7, 11) is 0. The predicted octanol–water partition coefficient (Wildman–Crippen LogP) is 10.2. The highest BCUT2D eigenvalue weighted by Gasteiger charge is 2.40. The second-order valence-electron chi connectivity index (χ2n) is 16.8. The predicted molar refractivity (Wildman–Crippen MR) is 243 cm³/mol. The van der Waals surface area contributed by atoms with Gasteiger partial charge in [-0.15, -0.1) is 0 Å². The average Bonchev–Trinajstić information content (AvgIpc) is 3.70. The Labute approximate surface area is 328 Å². The van der Waals surface area contributed by atoms with E-state index in [9.17, 15) is 0 Å². The van der Waals surface area contributed by atoms with Crippen molar-refractivity contribution >= 4 is 89.9 Å². The van der Waals surface area contributed by atoms with Crippen molar-refractivity contribution in [2.45, 2.75) is 41.5 Å². The van der Waals surface area contributed by atoms with E-state index >= 15 is 0 Å². The number of rotatable bonds is 2. The Bertz CT molecular complexity index is 3120. The van der Waals surface area contributed by atoms with Crippen molar-refractivity contribution in [3.05, 3.63) is 167 Å². The van der Waals surface area contributed by atoms with Crippen molar-refractivity contribution in [3.8, 4) is 22.3 Å². The van der Waals surface area contributed by atoms with E-state index in [1.165, 1.54) is 132 Å². The number of benzene rings is 8. The van der Waals surface area contributed by atoms with Crippen LogP contribution >= 0.6 is 0 Å². The van der Waals surface area contributed by atoms with Gasteiger partial charge in [-0.1, -0.05) is 155 Å². The summed E-state index contributed by atoms with van der Waals surface area (Å²) in [6.07, 6.45) is 0. The van der Waals surface area contributed by atoms with Gasteiger partial charge in [-0.05, 0) is 97.4 Å². The van der Waals surface area contributed by atoms with Gasteiger partial charge in [0.1, 0.15) is 0 Å². The van der Waals surface area contributed by atoms with Crippen LogP contribution < -0.4 is 21.9 Å². The molecule has 0 fully saturated rings. The van der Waals surface area contributed by atoms with Gasteiger partial charge in [-0.25, -0.2) is 0 Å². The van der Waals surface area contributed by atoms with Crippen LogP contribution in [0.15, 0.2) is 133 Å². The Morgan fingerprint density at radius 2 is 0.732 bits per heavy atom. The molecule has 56 heavy (non-hydrogen) atoms. The molecule has 0 radical (unpaired) electrons. The molecule has 2 aliphatic heterocycles. The summed E-state index contributed by atoms with van der Waals surface area (Å²) in [5.41, 5.74) is 24.2. The third-order valence-corrected chi connectivity index (χ3v) is 13.4. The zero-order valence-electron chi connectivity index (χ0n) is 32.8. The quantitative estimate of drug-likeness (QED) is 0.158. The molecular formula is C52H40B2N2. The van der Waals surface area contributed by atoms with Gasteiger partial charge in [0, 0.05) is 54.7 Å². The summed E-state index contributed by atoms with van der Waals surface area (Å²) in [6, 6.07) is 51.4. The third-order valence-electron chi connectivity index (χ3n) is 13.4. The summed E-state index contributed by atoms with van der Waals surface area (Å²) in [6.45, 7) is 13.8. The van der Waals surface area contributed by atoms with Gasteiger partial charge >= 0.3 is 13.7 Å². The number of nitrogens with zero attached hydrogens (tertiary/aromatic N) is 2. The van der Waals surface area contributed by atoms with Crippen molar-refractivity contribution in [1.29, 1.82) is 0 Å². The summed E-state index contributed by atoms with van der Waals surface area (Å²) in [4.78, 5) is 0. The second-order valence-corrected chi connectivity index (χ2v) is 16.8. The molecule has 8 aromatic carbocycles. The minimum absolute atomic E-state index is 0.0416. The van der Waals surface area contributed by atoms with E-state index in [0.717, 1.165) is 0 Å². The van der Waals surface area contributed by atoms with Crippen molar-refractivity contribution < 1.29 is 0 Å². The molecule has 2 aliphatic rings. The van der Waals surface area contributed by atoms with Gasteiger partial charge in [-0.2, -0.15) is 0 Å². The number of aryl methyl sites for hydroxylation is 6. The molecule has 4 heteroatoms. The average molecular weight is 715 g/mol. The van der Waals surface area contributed by atoms with Crippen LogP contribution in [0.2, 0.25) is 0 Å². The lowest BCUT2D eigenvalue weighted by atomic mass is 9.44. The van der Waals surface area contributed by atoms with Crippen LogP contribution in [-0.2, 0) is 0 Å². The number of para-hydroxylation sites is 4. The molecule has 10 aromatic rings. The molecule has 0 saturated carbocycles. The summed E-state index contributed by atoms with van der Waals surface area (Å²) < 4.78 is 5.32. The first-order valence-corrected chi connectivity index (χ1v) is 20.1. The highest BCUT2D eigenvalue weighted by atomic mass is 14.9. The molecule has 0 amide bonds. The molecule has 4 heterocycles. The minimum Gasteiger partial charge on any atom is -0.375 e. The highest BCUT2D eigenvalue weighted by Crippen LogP contribution is 2.45. The van der Waals surface area contributed by atoms with Crippen LogP contribution in [0.4, 0.5) is 0 Å². The van der Waals surface area contributed by atoms with Gasteiger partial charge < -0.3 is 8.96 Å². The lowest BCUT2D eigenvalue weighted by molar-refractivity contribution is 1.29. The maximum atomic E-state index is 2.66. The topological polar surface area (TPSA) is 9.86 Å². The Balaban J connectivity index is 1.25. The van der Waals surface area contributed by atoms with E-state index in [1.807, 2.05) is 0 Å². The molecule has 0 saturated heterocycles. The summed E-state index contributed by atoms with van der Waals surface area (Å²) in [5, 5.41) is 7.94. The number of hydrogen-bond acceptors (Lipinski definition) is 0. The van der Waals surface area contributed by atoms with Crippen LogP contribution in [0.1, 0.15) is 33.4 Å². The molecule has 2 aromatic heterocycles. The standard InChI is InChI=1S/C52H40B2N2/c1-29-25-31(3)49(32(4)26-29)53-43-23-21-38-37(47(43)41-17-11-15-39-35-13-7-9-19-45(35)55(53)51(39)41)22-24-44-48(38)42-18-12-16-40-36-14-8-10-20-46(36)56(52(40)42)54(44)50-33(5)27-30(2)28-34(50)6/h7-28H,1-6H3.